The fraction of sp³-hybridized carbons (Fsp3) is 0.875. The summed E-state index contributed by atoms with van der Waals surface area (Å²) < 4.78 is 4.71. The van der Waals surface area contributed by atoms with Crippen molar-refractivity contribution in [1.29, 1.82) is 0 Å². The average molecular weight is 425 g/mol. The second kappa shape index (κ2) is 13.0. The van der Waals surface area contributed by atoms with Crippen molar-refractivity contribution in [2.45, 2.75) is 52.4 Å². The molecule has 0 aromatic carbocycles. The standard InChI is InChI=1S/C16H31N3O2.HI/c1-4-17-16(19-12-13(2)15(20)21-3)18-11-7-10-14-8-5-6-9-14;/h13-14H,4-12H2,1-3H3,(H2,17,18,19);1H. The molecule has 1 fully saturated rings. The normalized spacial score (nSPS) is 16.8. The maximum atomic E-state index is 11.4. The molecule has 0 aromatic heterocycles. The highest BCUT2D eigenvalue weighted by atomic mass is 127. The van der Waals surface area contributed by atoms with E-state index in [0.717, 1.165) is 25.0 Å². The van der Waals surface area contributed by atoms with Crippen LogP contribution in [0.3, 0.4) is 0 Å². The van der Waals surface area contributed by atoms with Crippen LogP contribution < -0.4 is 10.6 Å². The Balaban J connectivity index is 0.00000441. The van der Waals surface area contributed by atoms with Gasteiger partial charge in [0.05, 0.1) is 19.6 Å². The van der Waals surface area contributed by atoms with Crippen molar-refractivity contribution in [2.75, 3.05) is 26.7 Å². The molecule has 0 aromatic rings. The van der Waals surface area contributed by atoms with Crippen LogP contribution in [0.25, 0.3) is 0 Å². The first-order valence-corrected chi connectivity index (χ1v) is 8.27. The SMILES string of the molecule is CCNC(=NCC(C)C(=O)OC)NCCCC1CCCC1.I. The summed E-state index contributed by atoms with van der Waals surface area (Å²) in [6.07, 6.45) is 8.13. The van der Waals surface area contributed by atoms with Gasteiger partial charge in [0, 0.05) is 13.1 Å². The summed E-state index contributed by atoms with van der Waals surface area (Å²) in [5.74, 6) is 1.31. The van der Waals surface area contributed by atoms with Crippen LogP contribution >= 0.6 is 24.0 Å². The lowest BCUT2D eigenvalue weighted by Crippen LogP contribution is -2.38. The molecule has 1 atom stereocenters. The third-order valence-corrected chi connectivity index (χ3v) is 4.03. The molecule has 1 unspecified atom stereocenters. The van der Waals surface area contributed by atoms with Crippen molar-refractivity contribution in [3.63, 3.8) is 0 Å². The molecule has 0 heterocycles. The van der Waals surface area contributed by atoms with Gasteiger partial charge in [0.1, 0.15) is 0 Å². The number of halogens is 1. The van der Waals surface area contributed by atoms with Crippen molar-refractivity contribution in [3.8, 4) is 0 Å². The topological polar surface area (TPSA) is 62.7 Å². The molecule has 0 aliphatic heterocycles. The summed E-state index contributed by atoms with van der Waals surface area (Å²) in [5, 5.41) is 6.55. The highest BCUT2D eigenvalue weighted by Gasteiger charge is 2.14. The van der Waals surface area contributed by atoms with E-state index in [-0.39, 0.29) is 35.9 Å². The smallest absolute Gasteiger partial charge is 0.310 e. The van der Waals surface area contributed by atoms with Crippen LogP contribution in [0, 0.1) is 11.8 Å². The molecule has 1 saturated carbocycles. The van der Waals surface area contributed by atoms with Crippen LogP contribution in [0.5, 0.6) is 0 Å². The minimum absolute atomic E-state index is 0. The highest BCUT2D eigenvalue weighted by molar-refractivity contribution is 14.0. The molecule has 1 aliphatic carbocycles. The maximum absolute atomic E-state index is 11.4. The minimum atomic E-state index is -0.212. The quantitative estimate of drug-likeness (QED) is 0.206. The van der Waals surface area contributed by atoms with Gasteiger partial charge in [-0.2, -0.15) is 0 Å². The predicted octanol–water partition coefficient (Wildman–Crippen LogP) is 2.94. The number of carbonyl (C=O) groups is 1. The van der Waals surface area contributed by atoms with Crippen molar-refractivity contribution < 1.29 is 9.53 Å². The fourth-order valence-corrected chi connectivity index (χ4v) is 2.74. The molecule has 0 saturated heterocycles. The lowest BCUT2D eigenvalue weighted by Gasteiger charge is -2.14. The van der Waals surface area contributed by atoms with Crippen molar-refractivity contribution >= 4 is 35.9 Å². The summed E-state index contributed by atoms with van der Waals surface area (Å²) >= 11 is 0. The van der Waals surface area contributed by atoms with Crippen LogP contribution in [-0.2, 0) is 9.53 Å². The Labute approximate surface area is 152 Å². The molecule has 2 N–H and O–H groups in total. The summed E-state index contributed by atoms with van der Waals surface area (Å²) in [6, 6.07) is 0. The van der Waals surface area contributed by atoms with E-state index >= 15 is 0 Å². The lowest BCUT2D eigenvalue weighted by atomic mass is 10.0. The van der Waals surface area contributed by atoms with Gasteiger partial charge in [0.25, 0.3) is 0 Å². The summed E-state index contributed by atoms with van der Waals surface area (Å²) in [6.45, 7) is 6.08. The molecule has 0 radical (unpaired) electrons. The number of nitrogens with one attached hydrogen (secondary N) is 2. The summed E-state index contributed by atoms with van der Waals surface area (Å²) in [7, 11) is 1.41. The number of guanidine groups is 1. The highest BCUT2D eigenvalue weighted by Crippen LogP contribution is 2.28. The predicted molar refractivity (Wildman–Crippen MR) is 102 cm³/mol. The zero-order chi connectivity index (χ0) is 15.5. The van der Waals surface area contributed by atoms with Gasteiger partial charge in [-0.3, -0.25) is 9.79 Å². The molecular formula is C16H32IN3O2. The van der Waals surface area contributed by atoms with Gasteiger partial charge in [-0.25, -0.2) is 0 Å². The molecule has 0 bridgehead atoms. The van der Waals surface area contributed by atoms with Crippen LogP contribution in [-0.4, -0.2) is 38.7 Å². The van der Waals surface area contributed by atoms with E-state index in [1.54, 1.807) is 0 Å². The maximum Gasteiger partial charge on any atom is 0.310 e. The largest absolute Gasteiger partial charge is 0.469 e. The van der Waals surface area contributed by atoms with E-state index in [4.69, 9.17) is 4.74 Å². The van der Waals surface area contributed by atoms with Crippen LogP contribution in [0.15, 0.2) is 4.99 Å². The van der Waals surface area contributed by atoms with Gasteiger partial charge in [-0.05, 0) is 25.7 Å². The van der Waals surface area contributed by atoms with Crippen molar-refractivity contribution in [2.24, 2.45) is 16.8 Å². The lowest BCUT2D eigenvalue weighted by molar-refractivity contribution is -0.144. The monoisotopic (exact) mass is 425 g/mol. The van der Waals surface area contributed by atoms with Crippen LogP contribution in [0.4, 0.5) is 0 Å². The van der Waals surface area contributed by atoms with E-state index in [0.29, 0.717) is 6.54 Å². The van der Waals surface area contributed by atoms with Gasteiger partial charge in [0.15, 0.2) is 5.96 Å². The third kappa shape index (κ3) is 8.80. The molecular weight excluding hydrogens is 393 g/mol. The van der Waals surface area contributed by atoms with Crippen molar-refractivity contribution in [1.82, 2.24) is 10.6 Å². The third-order valence-electron chi connectivity index (χ3n) is 4.03. The first-order valence-electron chi connectivity index (χ1n) is 8.27. The fourth-order valence-electron chi connectivity index (χ4n) is 2.74. The molecule has 1 rings (SSSR count). The zero-order valence-electron chi connectivity index (χ0n) is 14.2. The van der Waals surface area contributed by atoms with Gasteiger partial charge in [-0.1, -0.05) is 32.6 Å². The molecule has 0 spiro atoms. The zero-order valence-corrected chi connectivity index (χ0v) is 16.5. The summed E-state index contributed by atoms with van der Waals surface area (Å²) in [5.41, 5.74) is 0. The van der Waals surface area contributed by atoms with E-state index in [1.807, 2.05) is 13.8 Å². The van der Waals surface area contributed by atoms with Crippen LogP contribution in [0.1, 0.15) is 52.4 Å². The number of nitrogens with zero attached hydrogens (tertiary/aromatic N) is 1. The molecule has 1 aliphatic rings. The Morgan fingerprint density at radius 2 is 2.00 bits per heavy atom. The molecule has 0 amide bonds. The first kappa shape index (κ1) is 21.5. The number of methoxy groups -OCH3 is 1. The Bertz CT molecular complexity index is 331. The Kier molecular flexibility index (Phi) is 12.6. The number of hydrogen-bond donors (Lipinski definition) is 2. The summed E-state index contributed by atoms with van der Waals surface area (Å²) in [4.78, 5) is 15.8. The molecule has 22 heavy (non-hydrogen) atoms. The van der Waals surface area contributed by atoms with Gasteiger partial charge < -0.3 is 15.4 Å². The Hall–Kier alpha value is -0.530. The Morgan fingerprint density at radius 3 is 2.59 bits per heavy atom. The average Bonchev–Trinajstić information content (AvgIpc) is 3.01. The molecule has 130 valence electrons. The van der Waals surface area contributed by atoms with Gasteiger partial charge >= 0.3 is 5.97 Å². The van der Waals surface area contributed by atoms with E-state index in [9.17, 15) is 4.79 Å². The number of carbonyl (C=O) groups excluding carboxylic acids is 1. The van der Waals surface area contributed by atoms with Crippen LogP contribution in [0.2, 0.25) is 0 Å². The minimum Gasteiger partial charge on any atom is -0.469 e. The number of rotatable bonds is 8. The molecule has 6 heteroatoms. The van der Waals surface area contributed by atoms with Gasteiger partial charge in [0.2, 0.25) is 0 Å². The Morgan fingerprint density at radius 1 is 1.32 bits per heavy atom. The second-order valence-corrected chi connectivity index (χ2v) is 5.86. The molecule has 5 nitrogen and oxygen atoms in total. The van der Waals surface area contributed by atoms with Gasteiger partial charge in [-0.15, -0.1) is 24.0 Å². The number of ether oxygens (including phenoxy) is 1. The number of esters is 1. The number of hydrogen-bond acceptors (Lipinski definition) is 3. The second-order valence-electron chi connectivity index (χ2n) is 5.86. The van der Waals surface area contributed by atoms with E-state index in [1.165, 1.54) is 45.6 Å². The number of aliphatic imine (C=N–C) groups is 1. The van der Waals surface area contributed by atoms with E-state index in [2.05, 4.69) is 15.6 Å². The van der Waals surface area contributed by atoms with Crippen molar-refractivity contribution in [3.05, 3.63) is 0 Å². The van der Waals surface area contributed by atoms with E-state index < -0.39 is 0 Å². The first-order chi connectivity index (χ1) is 10.2.